The van der Waals surface area contributed by atoms with Gasteiger partial charge in [0.15, 0.2) is 29.6 Å². The molecule has 10 N–H and O–H groups in total. The lowest BCUT2D eigenvalue weighted by Crippen LogP contribution is -2.28. The van der Waals surface area contributed by atoms with Crippen LogP contribution in [0.4, 0.5) is 0 Å². The first-order chi connectivity index (χ1) is 19.6. The third-order valence-corrected chi connectivity index (χ3v) is 4.88. The van der Waals surface area contributed by atoms with Crippen molar-refractivity contribution in [3.8, 4) is 0 Å². The van der Waals surface area contributed by atoms with Gasteiger partial charge < -0.3 is 51.1 Å². The van der Waals surface area contributed by atoms with Crippen molar-refractivity contribution < 1.29 is 99.0 Å². The molecule has 0 amide bonds. The molecule has 0 saturated carbocycles. The fraction of sp³-hybridized carbons (Fsp3) is 0.478. The smallest absolute Gasteiger partial charge is 0.317 e. The maximum Gasteiger partial charge on any atom is 0.317 e. The van der Waals surface area contributed by atoms with Crippen molar-refractivity contribution in [3.05, 3.63) is 13.2 Å². The number of carbonyl (C=O) groups is 10. The molecular formula is C23H32O20. The highest BCUT2D eigenvalue weighted by atomic mass is 16.4. The Labute approximate surface area is 241 Å². The van der Waals surface area contributed by atoms with E-state index in [2.05, 4.69) is 13.2 Å². The normalized spacial score (nSPS) is 9.81. The molecular weight excluding hydrogens is 596 g/mol. The van der Waals surface area contributed by atoms with Gasteiger partial charge in [0.25, 0.3) is 0 Å². The quantitative estimate of drug-likeness (QED) is 0.0726. The molecule has 43 heavy (non-hydrogen) atoms. The van der Waals surface area contributed by atoms with E-state index < -0.39 is 115 Å². The number of rotatable bonds is 17. The Morgan fingerprint density at radius 2 is 0.465 bits per heavy atom. The minimum atomic E-state index is -1.79. The Bertz CT molecular complexity index is 832. The van der Waals surface area contributed by atoms with Crippen molar-refractivity contribution in [2.24, 2.45) is 29.6 Å². The average Bonchev–Trinajstić information content (AvgIpc) is 2.84. The van der Waals surface area contributed by atoms with E-state index >= 15 is 0 Å². The molecule has 244 valence electrons. The van der Waals surface area contributed by atoms with Gasteiger partial charge in [-0.3, -0.25) is 47.9 Å². The van der Waals surface area contributed by atoms with Crippen molar-refractivity contribution in [3.63, 3.8) is 0 Å². The van der Waals surface area contributed by atoms with E-state index in [0.717, 1.165) is 0 Å². The summed E-state index contributed by atoms with van der Waals surface area (Å²) in [6.45, 7) is 7.52. The van der Waals surface area contributed by atoms with Gasteiger partial charge >= 0.3 is 59.7 Å². The van der Waals surface area contributed by atoms with Gasteiger partial charge in [-0.15, -0.1) is 13.2 Å². The molecule has 0 aliphatic heterocycles. The van der Waals surface area contributed by atoms with E-state index in [4.69, 9.17) is 51.1 Å². The molecule has 0 aromatic carbocycles. The van der Waals surface area contributed by atoms with Crippen LogP contribution in [0.3, 0.4) is 0 Å². The Morgan fingerprint density at radius 3 is 0.512 bits per heavy atom. The van der Waals surface area contributed by atoms with E-state index in [1.807, 2.05) is 0 Å². The van der Waals surface area contributed by atoms with Crippen LogP contribution in [-0.4, -0.2) is 111 Å². The molecule has 0 heterocycles. The summed E-state index contributed by atoms with van der Waals surface area (Å²) in [6, 6.07) is 0. The van der Waals surface area contributed by atoms with E-state index in [0.29, 0.717) is 0 Å². The van der Waals surface area contributed by atoms with Gasteiger partial charge in [0.2, 0.25) is 0 Å². The van der Waals surface area contributed by atoms with Gasteiger partial charge in [-0.25, -0.2) is 0 Å². The zero-order valence-electron chi connectivity index (χ0n) is 22.4. The Morgan fingerprint density at radius 1 is 0.349 bits per heavy atom. The van der Waals surface area contributed by atoms with Crippen LogP contribution in [0.25, 0.3) is 0 Å². The van der Waals surface area contributed by atoms with Crippen LogP contribution in [0.5, 0.6) is 0 Å². The summed E-state index contributed by atoms with van der Waals surface area (Å²) in [5.41, 5.74) is 0. The van der Waals surface area contributed by atoms with Crippen LogP contribution in [0, 0.1) is 29.6 Å². The minimum Gasteiger partial charge on any atom is -0.481 e. The number of aliphatic carboxylic acids is 10. The van der Waals surface area contributed by atoms with Gasteiger partial charge in [0, 0.05) is 0 Å². The van der Waals surface area contributed by atoms with Crippen molar-refractivity contribution in [2.45, 2.75) is 39.0 Å². The molecule has 0 aliphatic carbocycles. The van der Waals surface area contributed by atoms with Crippen LogP contribution in [-0.2, 0) is 47.9 Å². The largest absolute Gasteiger partial charge is 0.481 e. The summed E-state index contributed by atoms with van der Waals surface area (Å²) in [4.78, 5) is 103. The summed E-state index contributed by atoms with van der Waals surface area (Å²) in [5.74, 6) is -23.9. The topological polar surface area (TPSA) is 373 Å². The van der Waals surface area contributed by atoms with E-state index in [-0.39, 0.29) is 6.42 Å². The fourth-order valence-electron chi connectivity index (χ4n) is 2.53. The number of hydrogen-bond donors (Lipinski definition) is 10. The van der Waals surface area contributed by atoms with Crippen LogP contribution in [0.2, 0.25) is 0 Å². The second-order valence-electron chi connectivity index (χ2n) is 7.71. The summed E-state index contributed by atoms with van der Waals surface area (Å²) >= 11 is 0. The van der Waals surface area contributed by atoms with Crippen LogP contribution in [0.15, 0.2) is 13.2 Å². The lowest BCUT2D eigenvalue weighted by molar-refractivity contribution is -0.159. The SMILES string of the molecule is C=C.CCC(C(=O)O)C(=O)O.O=C(O)C(CCC(C(=O)O)C(=O)O)C(=O)O.O=C(O)C(CCC(C(=O)O)C(=O)O)C(=O)O. The summed E-state index contributed by atoms with van der Waals surface area (Å²) < 4.78 is 0. The predicted octanol–water partition coefficient (Wildman–Crippen LogP) is -0.341. The van der Waals surface area contributed by atoms with Crippen molar-refractivity contribution >= 4 is 59.7 Å². The molecule has 0 unspecified atom stereocenters. The Kier molecular flexibility index (Phi) is 24.0. The third kappa shape index (κ3) is 20.0. The number of carboxylic acid groups (broad SMARTS) is 10. The predicted molar refractivity (Wildman–Crippen MR) is 134 cm³/mol. The van der Waals surface area contributed by atoms with Crippen LogP contribution < -0.4 is 0 Å². The lowest BCUT2D eigenvalue weighted by Gasteiger charge is -2.09. The monoisotopic (exact) mass is 628 g/mol. The fourth-order valence-corrected chi connectivity index (χ4v) is 2.53. The van der Waals surface area contributed by atoms with Crippen molar-refractivity contribution in [1.82, 2.24) is 0 Å². The molecule has 0 aromatic rings. The first kappa shape index (κ1) is 44.5. The second kappa shape index (κ2) is 23.2. The molecule has 0 spiro atoms. The second-order valence-corrected chi connectivity index (χ2v) is 7.71. The number of hydrogen-bond acceptors (Lipinski definition) is 10. The van der Waals surface area contributed by atoms with Crippen LogP contribution in [0.1, 0.15) is 39.0 Å². The summed E-state index contributed by atoms with van der Waals surface area (Å²) in [7, 11) is 0. The molecule has 20 nitrogen and oxygen atoms in total. The van der Waals surface area contributed by atoms with Crippen LogP contribution >= 0.6 is 0 Å². The molecule has 0 saturated heterocycles. The lowest BCUT2D eigenvalue weighted by atomic mass is 9.96. The van der Waals surface area contributed by atoms with Crippen molar-refractivity contribution in [1.29, 1.82) is 0 Å². The maximum absolute atomic E-state index is 10.4. The van der Waals surface area contributed by atoms with E-state index in [1.54, 1.807) is 0 Å². The third-order valence-electron chi connectivity index (χ3n) is 4.88. The highest BCUT2D eigenvalue weighted by Crippen LogP contribution is 2.15. The Hall–Kier alpha value is -5.56. The highest BCUT2D eigenvalue weighted by Gasteiger charge is 2.33. The zero-order chi connectivity index (χ0) is 35.2. The van der Waals surface area contributed by atoms with E-state index in [1.165, 1.54) is 6.92 Å². The van der Waals surface area contributed by atoms with Gasteiger partial charge in [0.1, 0.15) is 0 Å². The molecule has 0 aromatic heterocycles. The minimum absolute atomic E-state index is 0.130. The molecule has 0 radical (unpaired) electrons. The molecule has 20 heteroatoms. The van der Waals surface area contributed by atoms with Gasteiger partial charge in [-0.2, -0.15) is 0 Å². The van der Waals surface area contributed by atoms with E-state index in [9.17, 15) is 47.9 Å². The van der Waals surface area contributed by atoms with Gasteiger partial charge in [-0.1, -0.05) is 6.92 Å². The van der Waals surface area contributed by atoms with Gasteiger partial charge in [0.05, 0.1) is 0 Å². The van der Waals surface area contributed by atoms with Gasteiger partial charge in [-0.05, 0) is 32.1 Å². The molecule has 0 aliphatic rings. The van der Waals surface area contributed by atoms with Crippen molar-refractivity contribution in [2.75, 3.05) is 0 Å². The molecule has 0 rings (SSSR count). The highest BCUT2D eigenvalue weighted by molar-refractivity contribution is 5.95. The first-order valence-corrected chi connectivity index (χ1v) is 11.4. The zero-order valence-corrected chi connectivity index (χ0v) is 22.4. The standard InChI is InChI=1S/2C8H10O8.C5H8O4.C2H4/c2*9-5(10)3(6(11)12)1-2-4(7(13)14)8(15)16;1-2-3(4(6)7)5(8)9;1-2/h2*3-4H,1-2H2,(H,9,10)(H,11,12)(H,13,14)(H,15,16);3H,2H2,1H3,(H,6,7)(H,8,9);1-2H2. The summed E-state index contributed by atoms with van der Waals surface area (Å²) in [6.07, 6.45) is -2.06. The maximum atomic E-state index is 10.4. The number of carboxylic acids is 10. The average molecular weight is 628 g/mol. The molecule has 0 bridgehead atoms. The first-order valence-electron chi connectivity index (χ1n) is 11.4. The Balaban J connectivity index is -0.000000267. The molecule has 0 atom stereocenters. The summed E-state index contributed by atoms with van der Waals surface area (Å²) in [5, 5.41) is 84.0. The molecule has 0 fully saturated rings.